The zero-order valence-corrected chi connectivity index (χ0v) is 13.7. The average Bonchev–Trinajstić information content (AvgIpc) is 3.24. The number of pyridine rings is 1. The minimum atomic E-state index is -0.0263. The quantitative estimate of drug-likeness (QED) is 0.688. The van der Waals surface area contributed by atoms with E-state index < -0.39 is 0 Å². The predicted molar refractivity (Wildman–Crippen MR) is 96.0 cm³/mol. The van der Waals surface area contributed by atoms with Crippen LogP contribution in [-0.4, -0.2) is 21.5 Å². The van der Waals surface area contributed by atoms with Crippen LogP contribution in [0.3, 0.4) is 0 Å². The van der Waals surface area contributed by atoms with Gasteiger partial charge in [0.2, 0.25) is 0 Å². The first-order chi connectivity index (χ1) is 11.2. The summed E-state index contributed by atoms with van der Waals surface area (Å²) in [6.07, 6.45) is 4.64. The van der Waals surface area contributed by atoms with Gasteiger partial charge >= 0.3 is 0 Å². The number of carbonyl (C=O) groups excluding carboxylic acids is 1. The Morgan fingerprint density at radius 1 is 1.26 bits per heavy atom. The molecule has 0 saturated carbocycles. The Labute approximate surface area is 142 Å². The van der Waals surface area contributed by atoms with Gasteiger partial charge in [0.1, 0.15) is 5.65 Å². The maximum Gasteiger partial charge on any atom is 0.195 e. The Balaban J connectivity index is 1.78. The first kappa shape index (κ1) is 14.5. The molecule has 0 unspecified atom stereocenters. The zero-order chi connectivity index (χ0) is 15.8. The lowest BCUT2D eigenvalue weighted by molar-refractivity contribution is 0.104. The Morgan fingerprint density at radius 3 is 2.83 bits per heavy atom. The van der Waals surface area contributed by atoms with Gasteiger partial charge in [-0.25, -0.2) is 4.98 Å². The molecule has 1 aliphatic rings. The number of ketones is 1. The second kappa shape index (κ2) is 5.87. The standard InChI is InChI=1S/C18H13ClN2OS/c19-14-3-1-11(2-4-14)17(22)16-9-21-18-15(16)7-13(8-20-18)12-5-6-23-10-12/h1-4,7-10H,5-6H2,(H,20,21). The average molecular weight is 341 g/mol. The number of rotatable bonds is 3. The Morgan fingerprint density at radius 2 is 2.09 bits per heavy atom. The molecule has 0 radical (unpaired) electrons. The molecule has 5 heteroatoms. The first-order valence-corrected chi connectivity index (χ1v) is 8.73. The third kappa shape index (κ3) is 2.69. The largest absolute Gasteiger partial charge is 0.345 e. The molecule has 4 rings (SSSR count). The molecule has 3 heterocycles. The number of carbonyl (C=O) groups is 1. The lowest BCUT2D eigenvalue weighted by atomic mass is 10.0. The Hall–Kier alpha value is -2.04. The minimum absolute atomic E-state index is 0.0263. The first-order valence-electron chi connectivity index (χ1n) is 7.31. The van der Waals surface area contributed by atoms with Crippen LogP contribution in [0.5, 0.6) is 0 Å². The Kier molecular flexibility index (Phi) is 3.71. The molecule has 0 atom stereocenters. The normalized spacial score (nSPS) is 14.2. The van der Waals surface area contributed by atoms with E-state index in [1.54, 1.807) is 30.5 Å². The smallest absolute Gasteiger partial charge is 0.195 e. The lowest BCUT2D eigenvalue weighted by Gasteiger charge is -2.03. The van der Waals surface area contributed by atoms with E-state index >= 15 is 0 Å². The van der Waals surface area contributed by atoms with E-state index in [-0.39, 0.29) is 5.78 Å². The van der Waals surface area contributed by atoms with Crippen molar-refractivity contribution in [3.8, 4) is 0 Å². The molecule has 3 nitrogen and oxygen atoms in total. The molecule has 1 aliphatic heterocycles. The number of nitrogens with one attached hydrogen (secondary N) is 1. The highest BCUT2D eigenvalue weighted by Crippen LogP contribution is 2.32. The van der Waals surface area contributed by atoms with Crippen molar-refractivity contribution >= 4 is 45.8 Å². The third-order valence-corrected chi connectivity index (χ3v) is 5.11. The van der Waals surface area contributed by atoms with Crippen LogP contribution in [0.4, 0.5) is 0 Å². The summed E-state index contributed by atoms with van der Waals surface area (Å²) in [7, 11) is 0. The van der Waals surface area contributed by atoms with Gasteiger partial charge in [-0.2, -0.15) is 0 Å². The number of aromatic nitrogens is 2. The molecule has 1 N–H and O–H groups in total. The van der Waals surface area contributed by atoms with Crippen LogP contribution < -0.4 is 0 Å². The summed E-state index contributed by atoms with van der Waals surface area (Å²) in [6, 6.07) is 9.01. The monoisotopic (exact) mass is 340 g/mol. The molecule has 0 fully saturated rings. The number of hydrogen-bond acceptors (Lipinski definition) is 3. The van der Waals surface area contributed by atoms with Crippen molar-refractivity contribution in [1.29, 1.82) is 0 Å². The van der Waals surface area contributed by atoms with Crippen LogP contribution in [-0.2, 0) is 0 Å². The van der Waals surface area contributed by atoms with Gasteiger partial charge in [-0.1, -0.05) is 11.6 Å². The molecule has 1 aromatic carbocycles. The van der Waals surface area contributed by atoms with Crippen LogP contribution in [0.25, 0.3) is 16.6 Å². The van der Waals surface area contributed by atoms with E-state index in [0.29, 0.717) is 16.1 Å². The molecule has 0 bridgehead atoms. The summed E-state index contributed by atoms with van der Waals surface area (Å²) >= 11 is 7.71. The maximum absolute atomic E-state index is 12.8. The van der Waals surface area contributed by atoms with Crippen LogP contribution >= 0.6 is 23.4 Å². The van der Waals surface area contributed by atoms with Crippen molar-refractivity contribution in [3.63, 3.8) is 0 Å². The van der Waals surface area contributed by atoms with E-state index in [0.717, 1.165) is 28.8 Å². The SMILES string of the molecule is O=C(c1ccc(Cl)cc1)c1c[nH]c2ncc(C3=CSCC3)cc12. The van der Waals surface area contributed by atoms with Crippen molar-refractivity contribution in [2.75, 3.05) is 5.75 Å². The van der Waals surface area contributed by atoms with Crippen molar-refractivity contribution in [1.82, 2.24) is 9.97 Å². The van der Waals surface area contributed by atoms with E-state index in [9.17, 15) is 4.79 Å². The van der Waals surface area contributed by atoms with Gasteiger partial charge in [-0.05, 0) is 53.3 Å². The van der Waals surface area contributed by atoms with E-state index in [2.05, 4.69) is 21.4 Å². The van der Waals surface area contributed by atoms with Gasteiger partial charge in [0.15, 0.2) is 5.78 Å². The van der Waals surface area contributed by atoms with Crippen molar-refractivity contribution < 1.29 is 4.79 Å². The number of aromatic amines is 1. The second-order valence-electron chi connectivity index (χ2n) is 5.42. The molecular weight excluding hydrogens is 328 g/mol. The molecule has 23 heavy (non-hydrogen) atoms. The van der Waals surface area contributed by atoms with Gasteiger partial charge < -0.3 is 4.98 Å². The third-order valence-electron chi connectivity index (χ3n) is 3.97. The van der Waals surface area contributed by atoms with Gasteiger partial charge in [0.25, 0.3) is 0 Å². The number of fused-ring (bicyclic) bond motifs is 1. The fourth-order valence-electron chi connectivity index (χ4n) is 2.72. The van der Waals surface area contributed by atoms with Crippen molar-refractivity contribution in [2.45, 2.75) is 6.42 Å². The fraction of sp³-hybridized carbons (Fsp3) is 0.111. The van der Waals surface area contributed by atoms with Gasteiger partial charge in [-0.3, -0.25) is 4.79 Å². The number of allylic oxidation sites excluding steroid dienone is 1. The highest BCUT2D eigenvalue weighted by molar-refractivity contribution is 8.02. The zero-order valence-electron chi connectivity index (χ0n) is 12.2. The molecule has 0 saturated heterocycles. The predicted octanol–water partition coefficient (Wildman–Crippen LogP) is 4.93. The summed E-state index contributed by atoms with van der Waals surface area (Å²) in [6.45, 7) is 0. The van der Waals surface area contributed by atoms with Crippen LogP contribution in [0.2, 0.25) is 5.02 Å². The summed E-state index contributed by atoms with van der Waals surface area (Å²) < 4.78 is 0. The number of halogens is 1. The number of H-pyrrole nitrogens is 1. The number of benzene rings is 1. The van der Waals surface area contributed by atoms with Crippen LogP contribution in [0, 0.1) is 0 Å². The maximum atomic E-state index is 12.8. The van der Waals surface area contributed by atoms with E-state index in [4.69, 9.17) is 11.6 Å². The number of nitrogens with zero attached hydrogens (tertiary/aromatic N) is 1. The van der Waals surface area contributed by atoms with E-state index in [1.165, 1.54) is 5.57 Å². The summed E-state index contributed by atoms with van der Waals surface area (Å²) in [5, 5.41) is 3.66. The number of thioether (sulfide) groups is 1. The number of hydrogen-bond donors (Lipinski definition) is 1. The Bertz CT molecular complexity index is 928. The molecule has 0 spiro atoms. The molecule has 3 aromatic rings. The van der Waals surface area contributed by atoms with Crippen LogP contribution in [0.15, 0.2) is 48.1 Å². The molecule has 2 aromatic heterocycles. The molecular formula is C18H13ClN2OS. The summed E-state index contributed by atoms with van der Waals surface area (Å²) in [5.41, 5.74) is 4.37. The van der Waals surface area contributed by atoms with Crippen molar-refractivity contribution in [3.05, 3.63) is 69.8 Å². The lowest BCUT2D eigenvalue weighted by Crippen LogP contribution is -2.00. The minimum Gasteiger partial charge on any atom is -0.345 e. The van der Waals surface area contributed by atoms with Crippen molar-refractivity contribution in [2.24, 2.45) is 0 Å². The van der Waals surface area contributed by atoms with Gasteiger partial charge in [0.05, 0.1) is 0 Å². The van der Waals surface area contributed by atoms with Gasteiger partial charge in [0, 0.05) is 39.7 Å². The second-order valence-corrected chi connectivity index (χ2v) is 6.84. The molecule has 0 aliphatic carbocycles. The summed E-state index contributed by atoms with van der Waals surface area (Å²) in [5.74, 6) is 1.08. The van der Waals surface area contributed by atoms with E-state index in [1.807, 2.05) is 18.0 Å². The topological polar surface area (TPSA) is 45.8 Å². The highest BCUT2D eigenvalue weighted by atomic mass is 35.5. The van der Waals surface area contributed by atoms with Crippen LogP contribution in [0.1, 0.15) is 27.9 Å². The summed E-state index contributed by atoms with van der Waals surface area (Å²) in [4.78, 5) is 20.3. The van der Waals surface area contributed by atoms with Gasteiger partial charge in [-0.15, -0.1) is 11.8 Å². The fourth-order valence-corrected chi connectivity index (χ4v) is 3.76. The molecule has 114 valence electrons. The molecule has 0 amide bonds. The highest BCUT2D eigenvalue weighted by Gasteiger charge is 2.16.